The lowest BCUT2D eigenvalue weighted by Gasteiger charge is -2.17. The van der Waals surface area contributed by atoms with Gasteiger partial charge in [-0.15, -0.1) is 0 Å². The van der Waals surface area contributed by atoms with Gasteiger partial charge >= 0.3 is 0 Å². The zero-order valence-electron chi connectivity index (χ0n) is 13.7. The first-order valence-electron chi connectivity index (χ1n) is 7.86. The highest BCUT2D eigenvalue weighted by atomic mass is 16.5. The van der Waals surface area contributed by atoms with E-state index in [-0.39, 0.29) is 0 Å². The number of ether oxygens (including phenoxy) is 2. The van der Waals surface area contributed by atoms with Crippen LogP contribution in [-0.2, 0) is 11.3 Å². The molecule has 4 heteroatoms. The van der Waals surface area contributed by atoms with Crippen LogP contribution in [0.3, 0.4) is 0 Å². The summed E-state index contributed by atoms with van der Waals surface area (Å²) < 4.78 is 10.7. The maximum atomic E-state index is 5.67. The molecule has 0 radical (unpaired) electrons. The van der Waals surface area contributed by atoms with Crippen molar-refractivity contribution < 1.29 is 9.47 Å². The second-order valence-corrected chi connectivity index (χ2v) is 5.33. The number of nitrogens with one attached hydrogen (secondary N) is 1. The van der Waals surface area contributed by atoms with Gasteiger partial charge in [-0.05, 0) is 31.2 Å². The van der Waals surface area contributed by atoms with E-state index in [1.807, 2.05) is 0 Å². The van der Waals surface area contributed by atoms with Crippen molar-refractivity contribution in [2.45, 2.75) is 26.3 Å². The van der Waals surface area contributed by atoms with Gasteiger partial charge in [0, 0.05) is 33.3 Å². The van der Waals surface area contributed by atoms with Crippen molar-refractivity contribution in [3.05, 3.63) is 29.8 Å². The lowest BCUT2D eigenvalue weighted by Crippen LogP contribution is -2.30. The van der Waals surface area contributed by atoms with E-state index >= 15 is 0 Å². The molecule has 0 amide bonds. The van der Waals surface area contributed by atoms with E-state index in [1.54, 1.807) is 7.11 Å². The minimum atomic E-state index is 0.767. The van der Waals surface area contributed by atoms with Gasteiger partial charge in [-0.1, -0.05) is 25.5 Å². The number of unbranched alkanes of at least 4 members (excludes halogenated alkanes) is 1. The highest BCUT2D eigenvalue weighted by Crippen LogP contribution is 2.13. The van der Waals surface area contributed by atoms with Crippen LogP contribution >= 0.6 is 0 Å². The van der Waals surface area contributed by atoms with Crippen molar-refractivity contribution >= 4 is 0 Å². The number of nitrogens with zero attached hydrogens (tertiary/aromatic N) is 1. The Morgan fingerprint density at radius 3 is 2.52 bits per heavy atom. The molecule has 0 spiro atoms. The zero-order valence-corrected chi connectivity index (χ0v) is 13.7. The molecule has 120 valence electrons. The van der Waals surface area contributed by atoms with Gasteiger partial charge in [0.05, 0.1) is 13.2 Å². The predicted octanol–water partition coefficient (Wildman–Crippen LogP) is 2.53. The van der Waals surface area contributed by atoms with Crippen molar-refractivity contribution in [2.24, 2.45) is 0 Å². The number of rotatable bonds is 12. The van der Waals surface area contributed by atoms with Gasteiger partial charge in [0.25, 0.3) is 0 Å². The van der Waals surface area contributed by atoms with E-state index in [2.05, 4.69) is 48.5 Å². The van der Waals surface area contributed by atoms with Crippen LogP contribution in [0.25, 0.3) is 0 Å². The van der Waals surface area contributed by atoms with E-state index in [0.29, 0.717) is 0 Å². The van der Waals surface area contributed by atoms with Crippen LogP contribution in [0.2, 0.25) is 0 Å². The molecule has 1 N–H and O–H groups in total. The second-order valence-electron chi connectivity index (χ2n) is 5.33. The fraction of sp³-hybridized carbons (Fsp3) is 0.647. The van der Waals surface area contributed by atoms with Crippen molar-refractivity contribution in [1.82, 2.24) is 10.2 Å². The van der Waals surface area contributed by atoms with Crippen LogP contribution in [0.1, 0.15) is 25.3 Å². The Hall–Kier alpha value is -1.10. The summed E-state index contributed by atoms with van der Waals surface area (Å²) in [6, 6.07) is 8.43. The lowest BCUT2D eigenvalue weighted by molar-refractivity contribution is 0.197. The van der Waals surface area contributed by atoms with Crippen molar-refractivity contribution in [3.8, 4) is 5.75 Å². The summed E-state index contributed by atoms with van der Waals surface area (Å²) in [5.74, 6) is 0.969. The number of hydrogen-bond acceptors (Lipinski definition) is 4. The predicted molar refractivity (Wildman–Crippen MR) is 87.9 cm³/mol. The fourth-order valence-corrected chi connectivity index (χ4v) is 1.99. The first-order valence-corrected chi connectivity index (χ1v) is 7.86. The SMILES string of the molecule is CCCCOc1ccc(CN(C)CCNCCOC)cc1. The number of benzene rings is 1. The maximum Gasteiger partial charge on any atom is 0.119 e. The van der Waals surface area contributed by atoms with Crippen molar-refractivity contribution in [2.75, 3.05) is 47.0 Å². The summed E-state index contributed by atoms with van der Waals surface area (Å²) in [5.41, 5.74) is 1.32. The Bertz CT molecular complexity index is 354. The van der Waals surface area contributed by atoms with Gasteiger partial charge in [-0.3, -0.25) is 0 Å². The van der Waals surface area contributed by atoms with Crippen molar-refractivity contribution in [3.63, 3.8) is 0 Å². The molecule has 21 heavy (non-hydrogen) atoms. The highest BCUT2D eigenvalue weighted by Gasteiger charge is 2.01. The molecule has 1 aromatic carbocycles. The Morgan fingerprint density at radius 1 is 1.10 bits per heavy atom. The van der Waals surface area contributed by atoms with Gasteiger partial charge < -0.3 is 19.7 Å². The number of methoxy groups -OCH3 is 1. The van der Waals surface area contributed by atoms with E-state index < -0.39 is 0 Å². The van der Waals surface area contributed by atoms with Crippen molar-refractivity contribution in [1.29, 1.82) is 0 Å². The summed E-state index contributed by atoms with van der Waals surface area (Å²) in [6.45, 7) is 7.63. The highest BCUT2D eigenvalue weighted by molar-refractivity contribution is 5.27. The molecule has 0 aromatic heterocycles. The van der Waals surface area contributed by atoms with Crippen LogP contribution in [0.15, 0.2) is 24.3 Å². The molecule has 0 heterocycles. The Labute approximate surface area is 129 Å². The van der Waals surface area contributed by atoms with Crippen LogP contribution < -0.4 is 10.1 Å². The topological polar surface area (TPSA) is 33.7 Å². The molecule has 1 aromatic rings. The molecule has 1 rings (SSSR count). The minimum absolute atomic E-state index is 0.767. The molecule has 4 nitrogen and oxygen atoms in total. The third-order valence-electron chi connectivity index (χ3n) is 3.30. The number of hydrogen-bond donors (Lipinski definition) is 1. The third-order valence-corrected chi connectivity index (χ3v) is 3.30. The van der Waals surface area contributed by atoms with Crippen LogP contribution in [-0.4, -0.2) is 51.9 Å². The average Bonchev–Trinajstić information content (AvgIpc) is 2.49. The summed E-state index contributed by atoms with van der Waals surface area (Å²) in [5, 5.41) is 3.35. The quantitative estimate of drug-likeness (QED) is 0.601. The van der Waals surface area contributed by atoms with E-state index in [0.717, 1.165) is 51.6 Å². The monoisotopic (exact) mass is 294 g/mol. The maximum absolute atomic E-state index is 5.67. The summed E-state index contributed by atoms with van der Waals surface area (Å²) in [7, 11) is 3.87. The summed E-state index contributed by atoms with van der Waals surface area (Å²) in [6.07, 6.45) is 2.28. The molecule has 0 atom stereocenters. The average molecular weight is 294 g/mol. The van der Waals surface area contributed by atoms with Crippen LogP contribution in [0.4, 0.5) is 0 Å². The third kappa shape index (κ3) is 8.71. The lowest BCUT2D eigenvalue weighted by atomic mass is 10.2. The van der Waals surface area contributed by atoms with Crippen LogP contribution in [0, 0.1) is 0 Å². The van der Waals surface area contributed by atoms with Gasteiger partial charge in [-0.2, -0.15) is 0 Å². The minimum Gasteiger partial charge on any atom is -0.494 e. The van der Waals surface area contributed by atoms with E-state index in [1.165, 1.54) is 12.0 Å². The molecule has 0 saturated carbocycles. The normalized spacial score (nSPS) is 11.0. The van der Waals surface area contributed by atoms with Crippen LogP contribution in [0.5, 0.6) is 5.75 Å². The molecule has 0 saturated heterocycles. The van der Waals surface area contributed by atoms with Gasteiger partial charge in [0.1, 0.15) is 5.75 Å². The van der Waals surface area contributed by atoms with E-state index in [4.69, 9.17) is 9.47 Å². The van der Waals surface area contributed by atoms with Gasteiger partial charge in [0.2, 0.25) is 0 Å². The second kappa shape index (κ2) is 11.5. The van der Waals surface area contributed by atoms with Gasteiger partial charge in [-0.25, -0.2) is 0 Å². The molecular formula is C17H30N2O2. The Balaban J connectivity index is 2.21. The standard InChI is InChI=1S/C17H30N2O2/c1-4-5-13-21-17-8-6-16(7-9-17)15-19(2)12-10-18-11-14-20-3/h6-9,18H,4-5,10-15H2,1-3H3. The smallest absolute Gasteiger partial charge is 0.119 e. The molecule has 0 fully saturated rings. The molecule has 0 unspecified atom stereocenters. The first-order chi connectivity index (χ1) is 10.3. The molecule has 0 aliphatic carbocycles. The molecule has 0 aliphatic heterocycles. The molecule has 0 aliphatic rings. The largest absolute Gasteiger partial charge is 0.494 e. The van der Waals surface area contributed by atoms with Gasteiger partial charge in [0.15, 0.2) is 0 Å². The molecular weight excluding hydrogens is 264 g/mol. The summed E-state index contributed by atoms with van der Waals surface area (Å²) >= 11 is 0. The molecule has 0 bridgehead atoms. The number of likely N-dealkylation sites (N-methyl/N-ethyl adjacent to an activating group) is 1. The summed E-state index contributed by atoms with van der Waals surface area (Å²) in [4.78, 5) is 2.31. The van der Waals surface area contributed by atoms with E-state index in [9.17, 15) is 0 Å². The zero-order chi connectivity index (χ0) is 15.3. The Kier molecular flexibility index (Phi) is 9.87. The fourth-order valence-electron chi connectivity index (χ4n) is 1.99. The Morgan fingerprint density at radius 2 is 1.86 bits per heavy atom. The first kappa shape index (κ1) is 18.0.